The molecule has 0 aliphatic carbocycles. The summed E-state index contributed by atoms with van der Waals surface area (Å²) in [5, 5.41) is 2.94. The number of amides is 2. The zero-order valence-electron chi connectivity index (χ0n) is 16.4. The highest BCUT2D eigenvalue weighted by Gasteiger charge is 2.36. The largest absolute Gasteiger partial charge is 0.338 e. The van der Waals surface area contributed by atoms with Crippen LogP contribution in [0.15, 0.2) is 41.6 Å². The van der Waals surface area contributed by atoms with Gasteiger partial charge in [0.15, 0.2) is 0 Å². The molecule has 2 amide bonds. The molecule has 0 saturated carbocycles. The molecule has 160 valence electrons. The molecule has 1 aromatic carbocycles. The van der Waals surface area contributed by atoms with Crippen LogP contribution in [0.1, 0.15) is 12.8 Å². The number of halogens is 1. The highest BCUT2D eigenvalue weighted by Crippen LogP contribution is 2.32. The predicted molar refractivity (Wildman–Crippen MR) is 114 cm³/mol. The molecule has 11 heteroatoms. The van der Waals surface area contributed by atoms with Crippen LogP contribution in [0.4, 0.5) is 16.4 Å². The Morgan fingerprint density at radius 2 is 1.73 bits per heavy atom. The number of hydrogen-bond donors (Lipinski definition) is 1. The van der Waals surface area contributed by atoms with E-state index in [1.165, 1.54) is 12.1 Å². The highest BCUT2D eigenvalue weighted by atomic mass is 35.5. The minimum Gasteiger partial charge on any atom is -0.338 e. The summed E-state index contributed by atoms with van der Waals surface area (Å²) in [5.74, 6) is 0.749. The van der Waals surface area contributed by atoms with Gasteiger partial charge in [-0.05, 0) is 43.7 Å². The fourth-order valence-corrected chi connectivity index (χ4v) is 5.44. The van der Waals surface area contributed by atoms with Crippen molar-refractivity contribution in [1.29, 1.82) is 0 Å². The quantitative estimate of drug-likeness (QED) is 0.674. The van der Waals surface area contributed by atoms with Gasteiger partial charge in [0.1, 0.15) is 4.90 Å². The van der Waals surface area contributed by atoms with Gasteiger partial charge in [0.05, 0.1) is 5.69 Å². The summed E-state index contributed by atoms with van der Waals surface area (Å²) in [5.41, 5.74) is 0.265. The van der Waals surface area contributed by atoms with Crippen LogP contribution >= 0.6 is 11.6 Å². The standard InChI is InChI=1S/C19H23ClN6O3S/c20-15-4-5-16-17(14-15)30(28,29)26(19(27)23-16)9-2-1-8-24-10-12-25(13-11-24)18-21-6-3-7-22-18/h3-7,14H,1-2,8-13H2,(H,23,27). The van der Waals surface area contributed by atoms with E-state index in [1.54, 1.807) is 24.5 Å². The number of benzene rings is 1. The maximum absolute atomic E-state index is 12.8. The van der Waals surface area contributed by atoms with E-state index >= 15 is 0 Å². The Balaban J connectivity index is 1.26. The van der Waals surface area contributed by atoms with Gasteiger partial charge >= 0.3 is 6.03 Å². The summed E-state index contributed by atoms with van der Waals surface area (Å²) in [4.78, 5) is 25.4. The van der Waals surface area contributed by atoms with Crippen molar-refractivity contribution in [2.75, 3.05) is 49.5 Å². The van der Waals surface area contributed by atoms with Crippen molar-refractivity contribution >= 4 is 39.3 Å². The molecule has 1 aromatic heterocycles. The molecule has 0 unspecified atom stereocenters. The molecule has 9 nitrogen and oxygen atoms in total. The Kier molecular flexibility index (Phi) is 6.07. The maximum Gasteiger partial charge on any atom is 0.335 e. The van der Waals surface area contributed by atoms with E-state index in [0.29, 0.717) is 11.4 Å². The minimum absolute atomic E-state index is 0.0360. The molecule has 0 atom stereocenters. The number of aromatic nitrogens is 2. The van der Waals surface area contributed by atoms with Crippen molar-refractivity contribution in [2.24, 2.45) is 0 Å². The zero-order valence-corrected chi connectivity index (χ0v) is 17.9. The molecule has 1 fully saturated rings. The molecule has 2 aromatic rings. The van der Waals surface area contributed by atoms with Gasteiger partial charge < -0.3 is 10.2 Å². The van der Waals surface area contributed by atoms with Crippen molar-refractivity contribution in [3.05, 3.63) is 41.7 Å². The minimum atomic E-state index is -3.90. The summed E-state index contributed by atoms with van der Waals surface area (Å²) < 4.78 is 26.5. The highest BCUT2D eigenvalue weighted by molar-refractivity contribution is 7.90. The average Bonchev–Trinajstić information content (AvgIpc) is 2.75. The van der Waals surface area contributed by atoms with Gasteiger partial charge in [0.2, 0.25) is 5.95 Å². The van der Waals surface area contributed by atoms with Gasteiger partial charge in [-0.3, -0.25) is 4.90 Å². The van der Waals surface area contributed by atoms with Gasteiger partial charge in [-0.25, -0.2) is 27.5 Å². The lowest BCUT2D eigenvalue weighted by molar-refractivity contribution is 0.230. The van der Waals surface area contributed by atoms with Crippen molar-refractivity contribution in [3.8, 4) is 0 Å². The number of piperazine rings is 1. The van der Waals surface area contributed by atoms with Crippen LogP contribution in [0.5, 0.6) is 0 Å². The van der Waals surface area contributed by atoms with E-state index in [0.717, 1.165) is 49.4 Å². The summed E-state index contributed by atoms with van der Waals surface area (Å²) in [7, 11) is -3.90. The van der Waals surface area contributed by atoms with E-state index in [-0.39, 0.29) is 17.1 Å². The van der Waals surface area contributed by atoms with Crippen molar-refractivity contribution in [2.45, 2.75) is 17.7 Å². The van der Waals surface area contributed by atoms with Crippen molar-refractivity contribution in [3.63, 3.8) is 0 Å². The maximum atomic E-state index is 12.8. The van der Waals surface area contributed by atoms with Crippen molar-refractivity contribution in [1.82, 2.24) is 19.2 Å². The second kappa shape index (κ2) is 8.75. The third-order valence-corrected chi connectivity index (χ3v) is 7.33. The second-order valence-corrected chi connectivity index (χ2v) is 9.50. The molecule has 4 rings (SSSR count). The molecule has 1 N–H and O–H groups in total. The van der Waals surface area contributed by atoms with E-state index < -0.39 is 16.1 Å². The number of unbranched alkanes of at least 4 members (excludes halogenated alkanes) is 1. The summed E-state index contributed by atoms with van der Waals surface area (Å²) in [6, 6.07) is 5.60. The van der Waals surface area contributed by atoms with Crippen LogP contribution in [0, 0.1) is 0 Å². The SMILES string of the molecule is O=C1Nc2ccc(Cl)cc2S(=O)(=O)N1CCCCN1CCN(c2ncccn2)CC1. The molecule has 0 spiro atoms. The monoisotopic (exact) mass is 450 g/mol. The second-order valence-electron chi connectivity index (χ2n) is 7.23. The predicted octanol–water partition coefficient (Wildman–Crippen LogP) is 2.27. The van der Waals surface area contributed by atoms with Gasteiger partial charge in [0, 0.05) is 50.1 Å². The van der Waals surface area contributed by atoms with Crippen LogP contribution in [0.25, 0.3) is 0 Å². The number of nitrogens with one attached hydrogen (secondary N) is 1. The molecule has 2 aliphatic rings. The number of urea groups is 1. The molecule has 0 radical (unpaired) electrons. The number of sulfonamides is 1. The smallest absolute Gasteiger partial charge is 0.335 e. The first kappa shape index (κ1) is 20.8. The number of anilines is 2. The fourth-order valence-electron chi connectivity index (χ4n) is 3.66. The molecular weight excluding hydrogens is 428 g/mol. The summed E-state index contributed by atoms with van der Waals surface area (Å²) in [6.07, 6.45) is 4.87. The van der Waals surface area contributed by atoms with Crippen molar-refractivity contribution < 1.29 is 13.2 Å². The van der Waals surface area contributed by atoms with Gasteiger partial charge in [0.25, 0.3) is 10.0 Å². The van der Waals surface area contributed by atoms with Crippen LogP contribution < -0.4 is 10.2 Å². The Morgan fingerprint density at radius 3 is 2.47 bits per heavy atom. The molecule has 3 heterocycles. The topological polar surface area (TPSA) is 98.7 Å². The Bertz CT molecular complexity index is 1010. The molecule has 2 aliphatic heterocycles. The first-order chi connectivity index (χ1) is 14.4. The lowest BCUT2D eigenvalue weighted by Crippen LogP contribution is -2.47. The number of carbonyl (C=O) groups is 1. The lowest BCUT2D eigenvalue weighted by Gasteiger charge is -2.34. The number of rotatable bonds is 6. The Morgan fingerprint density at radius 1 is 1.03 bits per heavy atom. The van der Waals surface area contributed by atoms with E-state index in [9.17, 15) is 13.2 Å². The Labute approximate surface area is 180 Å². The van der Waals surface area contributed by atoms with Gasteiger partial charge in [-0.15, -0.1) is 0 Å². The van der Waals surface area contributed by atoms with Crippen LogP contribution in [-0.4, -0.2) is 72.9 Å². The van der Waals surface area contributed by atoms with Gasteiger partial charge in [-0.2, -0.15) is 0 Å². The third-order valence-electron chi connectivity index (χ3n) is 5.27. The van der Waals surface area contributed by atoms with Crippen LogP contribution in [-0.2, 0) is 10.0 Å². The molecule has 1 saturated heterocycles. The number of fused-ring (bicyclic) bond motifs is 1. The lowest BCUT2D eigenvalue weighted by atomic mass is 10.2. The molecular formula is C19H23ClN6O3S. The van der Waals surface area contributed by atoms with E-state index in [1.807, 2.05) is 0 Å². The normalized spacial score (nSPS) is 18.8. The first-order valence-corrected chi connectivity index (χ1v) is 11.6. The zero-order chi connectivity index (χ0) is 21.1. The van der Waals surface area contributed by atoms with Crippen LogP contribution in [0.2, 0.25) is 5.02 Å². The first-order valence-electron chi connectivity index (χ1n) is 9.83. The van der Waals surface area contributed by atoms with Gasteiger partial charge in [-0.1, -0.05) is 11.6 Å². The summed E-state index contributed by atoms with van der Waals surface area (Å²) in [6.45, 7) is 4.48. The average molecular weight is 451 g/mol. The van der Waals surface area contributed by atoms with E-state index in [2.05, 4.69) is 25.1 Å². The fraction of sp³-hybridized carbons (Fsp3) is 0.421. The molecule has 30 heavy (non-hydrogen) atoms. The molecule has 0 bridgehead atoms. The van der Waals surface area contributed by atoms with Crippen LogP contribution in [0.3, 0.4) is 0 Å². The third kappa shape index (κ3) is 4.35. The number of nitrogens with zero attached hydrogens (tertiary/aromatic N) is 5. The summed E-state index contributed by atoms with van der Waals surface area (Å²) >= 11 is 5.94. The van der Waals surface area contributed by atoms with E-state index in [4.69, 9.17) is 11.6 Å². The Hall–Kier alpha value is -2.43. The number of carbonyl (C=O) groups excluding carboxylic acids is 1. The number of hydrogen-bond acceptors (Lipinski definition) is 7.